The molecule has 0 spiro atoms. The molecule has 0 fully saturated rings. The van der Waals surface area contributed by atoms with Crippen LogP contribution in [-0.4, -0.2) is 25.7 Å². The summed E-state index contributed by atoms with van der Waals surface area (Å²) in [7, 11) is 1.86. The maximum absolute atomic E-state index is 12.4. The van der Waals surface area contributed by atoms with Crippen LogP contribution in [0, 0.1) is 0 Å². The van der Waals surface area contributed by atoms with E-state index in [0.717, 1.165) is 27.2 Å². The van der Waals surface area contributed by atoms with E-state index in [2.05, 4.69) is 20.4 Å². The van der Waals surface area contributed by atoms with Crippen LogP contribution in [0.3, 0.4) is 0 Å². The minimum Gasteiger partial charge on any atom is -0.344 e. The number of aromatic nitrogens is 4. The van der Waals surface area contributed by atoms with E-state index >= 15 is 0 Å². The van der Waals surface area contributed by atoms with Gasteiger partial charge in [0.15, 0.2) is 5.01 Å². The predicted molar refractivity (Wildman–Crippen MR) is 97.2 cm³/mol. The molecule has 3 heterocycles. The highest BCUT2D eigenvalue weighted by Crippen LogP contribution is 2.21. The summed E-state index contributed by atoms with van der Waals surface area (Å²) in [4.78, 5) is 20.9. The summed E-state index contributed by atoms with van der Waals surface area (Å²) in [5, 5.41) is 7.86. The molecular formula is C18H15N5OS. The maximum Gasteiger partial charge on any atom is 0.280 e. The van der Waals surface area contributed by atoms with Gasteiger partial charge in [-0.25, -0.2) is 4.98 Å². The van der Waals surface area contributed by atoms with E-state index in [1.54, 1.807) is 17.1 Å². The first-order valence-corrected chi connectivity index (χ1v) is 8.59. The van der Waals surface area contributed by atoms with Crippen LogP contribution < -0.4 is 5.32 Å². The van der Waals surface area contributed by atoms with Crippen molar-refractivity contribution in [3.05, 3.63) is 65.6 Å². The quantitative estimate of drug-likeness (QED) is 0.615. The van der Waals surface area contributed by atoms with Crippen LogP contribution in [0.5, 0.6) is 0 Å². The van der Waals surface area contributed by atoms with Gasteiger partial charge in [-0.05, 0) is 30.3 Å². The van der Waals surface area contributed by atoms with E-state index < -0.39 is 0 Å². The zero-order valence-corrected chi connectivity index (χ0v) is 14.3. The third-order valence-electron chi connectivity index (χ3n) is 3.85. The molecule has 0 saturated carbocycles. The number of hydrogen-bond acceptors (Lipinski definition) is 5. The predicted octanol–water partition coefficient (Wildman–Crippen LogP) is 3.02. The molecule has 0 unspecified atom stereocenters. The molecule has 25 heavy (non-hydrogen) atoms. The monoisotopic (exact) mass is 349 g/mol. The van der Waals surface area contributed by atoms with Gasteiger partial charge in [-0.15, -0.1) is 11.3 Å². The van der Waals surface area contributed by atoms with E-state index in [1.807, 2.05) is 49.5 Å². The maximum atomic E-state index is 12.4. The van der Waals surface area contributed by atoms with Crippen molar-refractivity contribution in [1.82, 2.24) is 25.1 Å². The first-order chi connectivity index (χ1) is 12.2. The van der Waals surface area contributed by atoms with Crippen molar-refractivity contribution in [3.8, 4) is 11.3 Å². The highest BCUT2D eigenvalue weighted by molar-refractivity contribution is 7.20. The van der Waals surface area contributed by atoms with Gasteiger partial charge < -0.3 is 5.32 Å². The van der Waals surface area contributed by atoms with Crippen molar-refractivity contribution >= 4 is 27.5 Å². The second-order valence-electron chi connectivity index (χ2n) is 5.56. The SMILES string of the molecule is Cn1nc(-c2cccnc2)cc1CNC(=O)c1nc2ccccc2s1. The Labute approximate surface area is 148 Å². The fourth-order valence-corrected chi connectivity index (χ4v) is 3.42. The fraction of sp³-hybridized carbons (Fsp3) is 0.111. The standard InChI is InChI=1S/C18H15N5OS/c1-23-13(9-15(22-23)12-5-4-8-19-10-12)11-20-17(24)18-21-14-6-2-3-7-16(14)25-18/h2-10H,11H2,1H3,(H,20,24). The van der Waals surface area contributed by atoms with Crippen LogP contribution in [-0.2, 0) is 13.6 Å². The van der Waals surface area contributed by atoms with Crippen molar-refractivity contribution in [2.45, 2.75) is 6.54 Å². The van der Waals surface area contributed by atoms with Gasteiger partial charge >= 0.3 is 0 Å². The van der Waals surface area contributed by atoms with Crippen LogP contribution in [0.4, 0.5) is 0 Å². The molecule has 0 aliphatic carbocycles. The summed E-state index contributed by atoms with van der Waals surface area (Å²) in [6.45, 7) is 0.387. The third kappa shape index (κ3) is 3.14. The van der Waals surface area contributed by atoms with Crippen LogP contribution in [0.15, 0.2) is 54.9 Å². The van der Waals surface area contributed by atoms with Gasteiger partial charge in [0, 0.05) is 25.0 Å². The van der Waals surface area contributed by atoms with Crippen molar-refractivity contribution in [1.29, 1.82) is 0 Å². The molecule has 6 nitrogen and oxygen atoms in total. The molecule has 1 N–H and O–H groups in total. The van der Waals surface area contributed by atoms with Crippen molar-refractivity contribution in [2.24, 2.45) is 7.05 Å². The van der Waals surface area contributed by atoms with E-state index in [0.29, 0.717) is 11.6 Å². The molecule has 0 atom stereocenters. The van der Waals surface area contributed by atoms with Crippen LogP contribution in [0.2, 0.25) is 0 Å². The molecule has 0 saturated heterocycles. The molecule has 0 aliphatic heterocycles. The Morgan fingerprint density at radius 3 is 2.92 bits per heavy atom. The fourth-order valence-electron chi connectivity index (χ4n) is 2.54. The molecule has 124 valence electrons. The number of fused-ring (bicyclic) bond motifs is 1. The molecular weight excluding hydrogens is 334 g/mol. The lowest BCUT2D eigenvalue weighted by atomic mass is 10.2. The molecule has 7 heteroatoms. The average Bonchev–Trinajstić information content (AvgIpc) is 3.24. The summed E-state index contributed by atoms with van der Waals surface area (Å²) in [6.07, 6.45) is 3.50. The van der Waals surface area contributed by atoms with Gasteiger partial charge in [0.2, 0.25) is 0 Å². The van der Waals surface area contributed by atoms with Crippen LogP contribution in [0.1, 0.15) is 15.5 Å². The largest absolute Gasteiger partial charge is 0.344 e. The van der Waals surface area contributed by atoms with Crippen molar-refractivity contribution in [3.63, 3.8) is 0 Å². The Hall–Kier alpha value is -3.06. The Bertz CT molecular complexity index is 1010. The first kappa shape index (κ1) is 15.5. The Morgan fingerprint density at radius 1 is 1.24 bits per heavy atom. The molecule has 0 aliphatic rings. The highest BCUT2D eigenvalue weighted by Gasteiger charge is 2.13. The summed E-state index contributed by atoms with van der Waals surface area (Å²) in [5.74, 6) is -0.176. The van der Waals surface area contributed by atoms with Crippen LogP contribution in [0.25, 0.3) is 21.5 Å². The molecule has 4 aromatic rings. The van der Waals surface area contributed by atoms with Gasteiger partial charge in [0.25, 0.3) is 5.91 Å². The molecule has 1 amide bonds. The Balaban J connectivity index is 1.49. The number of pyridine rings is 1. The lowest BCUT2D eigenvalue weighted by molar-refractivity contribution is 0.0950. The number of para-hydroxylation sites is 1. The summed E-state index contributed by atoms with van der Waals surface area (Å²) < 4.78 is 2.77. The smallest absolute Gasteiger partial charge is 0.280 e. The minimum atomic E-state index is -0.176. The summed E-state index contributed by atoms with van der Waals surface area (Å²) in [5.41, 5.74) is 3.53. The van der Waals surface area contributed by atoms with Gasteiger partial charge in [-0.2, -0.15) is 5.10 Å². The van der Waals surface area contributed by atoms with E-state index in [4.69, 9.17) is 0 Å². The van der Waals surface area contributed by atoms with E-state index in [9.17, 15) is 4.79 Å². The van der Waals surface area contributed by atoms with Crippen LogP contribution >= 0.6 is 11.3 Å². The number of benzene rings is 1. The van der Waals surface area contributed by atoms with Gasteiger partial charge in [0.1, 0.15) is 0 Å². The number of amides is 1. The zero-order chi connectivity index (χ0) is 17.2. The average molecular weight is 349 g/mol. The second-order valence-corrected chi connectivity index (χ2v) is 6.59. The number of hydrogen-bond donors (Lipinski definition) is 1. The van der Waals surface area contributed by atoms with Gasteiger partial charge in [-0.3, -0.25) is 14.5 Å². The van der Waals surface area contributed by atoms with E-state index in [-0.39, 0.29) is 5.91 Å². The first-order valence-electron chi connectivity index (χ1n) is 7.78. The zero-order valence-electron chi connectivity index (χ0n) is 13.5. The molecule has 0 radical (unpaired) electrons. The van der Waals surface area contributed by atoms with Gasteiger partial charge in [-0.1, -0.05) is 12.1 Å². The highest BCUT2D eigenvalue weighted by atomic mass is 32.1. The number of thiazole rings is 1. The third-order valence-corrected chi connectivity index (χ3v) is 4.89. The van der Waals surface area contributed by atoms with Crippen molar-refractivity contribution < 1.29 is 4.79 Å². The number of carbonyl (C=O) groups excluding carboxylic acids is 1. The topological polar surface area (TPSA) is 72.7 Å². The van der Waals surface area contributed by atoms with E-state index in [1.165, 1.54) is 11.3 Å². The Kier molecular flexibility index (Phi) is 3.99. The second kappa shape index (κ2) is 6.45. The number of nitrogens with zero attached hydrogens (tertiary/aromatic N) is 4. The lowest BCUT2D eigenvalue weighted by Gasteiger charge is -2.02. The normalized spacial score (nSPS) is 10.9. The number of aryl methyl sites for hydroxylation is 1. The Morgan fingerprint density at radius 2 is 2.12 bits per heavy atom. The number of nitrogens with one attached hydrogen (secondary N) is 1. The number of carbonyl (C=O) groups is 1. The number of rotatable bonds is 4. The summed E-state index contributed by atoms with van der Waals surface area (Å²) in [6, 6.07) is 13.5. The summed E-state index contributed by atoms with van der Waals surface area (Å²) >= 11 is 1.39. The minimum absolute atomic E-state index is 0.176. The molecule has 3 aromatic heterocycles. The van der Waals surface area contributed by atoms with Gasteiger partial charge in [0.05, 0.1) is 28.1 Å². The van der Waals surface area contributed by atoms with Crippen molar-refractivity contribution in [2.75, 3.05) is 0 Å². The molecule has 4 rings (SSSR count). The lowest BCUT2D eigenvalue weighted by Crippen LogP contribution is -2.23. The molecule has 0 bridgehead atoms. The molecule has 1 aromatic carbocycles.